The lowest BCUT2D eigenvalue weighted by molar-refractivity contribution is -0.135. The van der Waals surface area contributed by atoms with Gasteiger partial charge in [-0.05, 0) is 6.92 Å². The molecule has 0 aliphatic rings. The Morgan fingerprint density at radius 1 is 1.62 bits per heavy atom. The molecule has 6 heteroatoms. The first kappa shape index (κ1) is 11.2. The van der Waals surface area contributed by atoms with Crippen LogP contribution in [-0.4, -0.2) is 29.3 Å². The number of aliphatic hydroxyl groups is 1. The smallest absolute Gasteiger partial charge is 0.360 e. The Kier molecular flexibility index (Phi) is 4.21. The van der Waals surface area contributed by atoms with E-state index in [4.69, 9.17) is 10.5 Å². The number of nitrogens with two attached hydrogens (primary N) is 1. The molecule has 0 aliphatic carbocycles. The quantitative estimate of drug-likeness (QED) is 0.237. The summed E-state index contributed by atoms with van der Waals surface area (Å²) in [5, 5.41) is 15.9. The molecule has 0 saturated carbocycles. The van der Waals surface area contributed by atoms with E-state index in [0.717, 1.165) is 0 Å². The molecule has 72 valence electrons. The van der Waals surface area contributed by atoms with Crippen LogP contribution in [0.15, 0.2) is 11.8 Å². The van der Waals surface area contributed by atoms with E-state index in [1.807, 2.05) is 0 Å². The summed E-state index contributed by atoms with van der Waals surface area (Å²) in [7, 11) is 0. The summed E-state index contributed by atoms with van der Waals surface area (Å²) >= 11 is 0. The lowest BCUT2D eigenvalue weighted by Gasteiger charge is -2.01. The van der Waals surface area contributed by atoms with Crippen LogP contribution in [-0.2, 0) is 14.3 Å². The van der Waals surface area contributed by atoms with Gasteiger partial charge in [0.25, 0.3) is 0 Å². The number of carbonyl (C=O) groups excluding carboxylic acids is 2. The molecule has 0 aromatic heterocycles. The molecule has 0 rings (SSSR count). The molecule has 0 aromatic carbocycles. The number of ether oxygens (including phenoxy) is 1. The Bertz CT molecular complexity index is 270. The lowest BCUT2D eigenvalue weighted by Crippen LogP contribution is -2.20. The predicted molar refractivity (Wildman–Crippen MR) is 44.3 cm³/mol. The van der Waals surface area contributed by atoms with Crippen LogP contribution in [0.3, 0.4) is 0 Å². The zero-order valence-electron chi connectivity index (χ0n) is 7.03. The number of amides is 1. The molecule has 0 saturated heterocycles. The maximum atomic E-state index is 10.8. The molecule has 13 heavy (non-hydrogen) atoms. The molecule has 0 radical (unpaired) electrons. The van der Waals surface area contributed by atoms with Crippen LogP contribution >= 0.6 is 0 Å². The zero-order valence-corrected chi connectivity index (χ0v) is 7.03. The van der Waals surface area contributed by atoms with E-state index in [0.29, 0.717) is 6.08 Å². The number of hydrogen-bond donors (Lipinski definition) is 3. The molecular weight excluding hydrogens is 176 g/mol. The minimum Gasteiger partial charge on any atom is -0.505 e. The highest BCUT2D eigenvalue weighted by Gasteiger charge is 2.15. The van der Waals surface area contributed by atoms with Gasteiger partial charge in [0.2, 0.25) is 5.91 Å². The van der Waals surface area contributed by atoms with Crippen molar-refractivity contribution in [2.45, 2.75) is 6.92 Å². The molecule has 0 bridgehead atoms. The van der Waals surface area contributed by atoms with Gasteiger partial charge in [0.15, 0.2) is 11.5 Å². The monoisotopic (exact) mass is 186 g/mol. The second-order valence-electron chi connectivity index (χ2n) is 2.03. The second kappa shape index (κ2) is 4.91. The number of esters is 1. The van der Waals surface area contributed by atoms with Gasteiger partial charge in [0.1, 0.15) is 0 Å². The fourth-order valence-corrected chi connectivity index (χ4v) is 0.515. The van der Waals surface area contributed by atoms with Gasteiger partial charge in [0.05, 0.1) is 6.61 Å². The zero-order chi connectivity index (χ0) is 10.4. The van der Waals surface area contributed by atoms with Crippen molar-refractivity contribution in [3.8, 4) is 0 Å². The third-order valence-corrected chi connectivity index (χ3v) is 1.01. The molecule has 1 amide bonds. The van der Waals surface area contributed by atoms with Gasteiger partial charge in [-0.1, -0.05) is 0 Å². The Morgan fingerprint density at radius 2 is 2.15 bits per heavy atom. The van der Waals surface area contributed by atoms with Crippen molar-refractivity contribution in [2.24, 2.45) is 5.73 Å². The Hall–Kier alpha value is -1.85. The Morgan fingerprint density at radius 3 is 2.54 bits per heavy atom. The van der Waals surface area contributed by atoms with E-state index < -0.39 is 23.3 Å². The number of nitrogens with one attached hydrogen (secondary N) is 1. The van der Waals surface area contributed by atoms with Gasteiger partial charge in [-0.2, -0.15) is 0 Å². The first-order chi connectivity index (χ1) is 5.99. The standard InChI is InChI=1S/C7H10N2O4/c1-2-13-7(12)6(9)4(10)3-5(8)11/h3,9-10H,2H2,1H3,(H2,8,11)/b4-3+,9-6?. The predicted octanol–water partition coefficient (Wildman–Crippen LogP) is -0.504. The van der Waals surface area contributed by atoms with Gasteiger partial charge in [-0.15, -0.1) is 0 Å². The molecule has 0 aromatic rings. The average molecular weight is 186 g/mol. The summed E-state index contributed by atoms with van der Waals surface area (Å²) in [6.45, 7) is 1.64. The second-order valence-corrected chi connectivity index (χ2v) is 2.03. The summed E-state index contributed by atoms with van der Waals surface area (Å²) in [5.74, 6) is -2.74. The molecule has 0 unspecified atom stereocenters. The highest BCUT2D eigenvalue weighted by atomic mass is 16.5. The van der Waals surface area contributed by atoms with Crippen LogP contribution in [0.1, 0.15) is 6.92 Å². The van der Waals surface area contributed by atoms with Crippen molar-refractivity contribution in [1.29, 1.82) is 5.41 Å². The molecule has 0 atom stereocenters. The molecular formula is C7H10N2O4. The van der Waals surface area contributed by atoms with Gasteiger partial charge in [-0.3, -0.25) is 10.2 Å². The summed E-state index contributed by atoms with van der Waals surface area (Å²) in [5.41, 5.74) is 3.89. The number of aliphatic hydroxyl groups excluding tert-OH is 1. The largest absolute Gasteiger partial charge is 0.505 e. The van der Waals surface area contributed by atoms with Gasteiger partial charge in [-0.25, -0.2) is 4.79 Å². The van der Waals surface area contributed by atoms with Crippen molar-refractivity contribution in [3.05, 3.63) is 11.8 Å². The van der Waals surface area contributed by atoms with Crippen LogP contribution in [0.5, 0.6) is 0 Å². The van der Waals surface area contributed by atoms with Crippen LogP contribution < -0.4 is 5.73 Å². The Balaban J connectivity index is 4.43. The van der Waals surface area contributed by atoms with Crippen LogP contribution in [0.2, 0.25) is 0 Å². The minimum absolute atomic E-state index is 0.0884. The maximum absolute atomic E-state index is 10.8. The third-order valence-electron chi connectivity index (χ3n) is 1.01. The molecule has 4 N–H and O–H groups in total. The van der Waals surface area contributed by atoms with E-state index in [-0.39, 0.29) is 6.61 Å². The van der Waals surface area contributed by atoms with Gasteiger partial charge in [0, 0.05) is 6.08 Å². The number of primary amides is 1. The van der Waals surface area contributed by atoms with Gasteiger partial charge >= 0.3 is 5.97 Å². The van der Waals surface area contributed by atoms with Crippen LogP contribution in [0, 0.1) is 5.41 Å². The van der Waals surface area contributed by atoms with Crippen LogP contribution in [0.25, 0.3) is 0 Å². The fraction of sp³-hybridized carbons (Fsp3) is 0.286. The first-order valence-corrected chi connectivity index (χ1v) is 3.45. The van der Waals surface area contributed by atoms with Crippen molar-refractivity contribution in [1.82, 2.24) is 0 Å². The molecule has 0 spiro atoms. The van der Waals surface area contributed by atoms with Crippen LogP contribution in [0.4, 0.5) is 0 Å². The molecule has 0 fully saturated rings. The lowest BCUT2D eigenvalue weighted by atomic mass is 10.3. The number of rotatable bonds is 4. The van der Waals surface area contributed by atoms with Crippen molar-refractivity contribution >= 4 is 17.6 Å². The average Bonchev–Trinajstić information content (AvgIpc) is 2.02. The van der Waals surface area contributed by atoms with E-state index >= 15 is 0 Å². The van der Waals surface area contributed by atoms with Crippen molar-refractivity contribution < 1.29 is 19.4 Å². The number of hydrogen-bond acceptors (Lipinski definition) is 5. The fourth-order valence-electron chi connectivity index (χ4n) is 0.515. The van der Waals surface area contributed by atoms with E-state index in [2.05, 4.69) is 10.5 Å². The summed E-state index contributed by atoms with van der Waals surface area (Å²) in [4.78, 5) is 21.0. The maximum Gasteiger partial charge on any atom is 0.360 e. The van der Waals surface area contributed by atoms with E-state index in [1.165, 1.54) is 0 Å². The minimum atomic E-state index is -1.00. The summed E-state index contributed by atoms with van der Waals surface area (Å²) in [6, 6.07) is 0. The van der Waals surface area contributed by atoms with Gasteiger partial charge < -0.3 is 15.6 Å². The normalized spacial score (nSPS) is 10.7. The summed E-state index contributed by atoms with van der Waals surface area (Å²) < 4.78 is 4.39. The van der Waals surface area contributed by atoms with E-state index in [9.17, 15) is 9.59 Å². The first-order valence-electron chi connectivity index (χ1n) is 3.45. The Labute approximate surface area is 74.5 Å². The number of carbonyl (C=O) groups is 2. The highest BCUT2D eigenvalue weighted by Crippen LogP contribution is 1.93. The molecule has 0 heterocycles. The molecule has 0 aliphatic heterocycles. The third kappa shape index (κ3) is 3.90. The topological polar surface area (TPSA) is 113 Å². The highest BCUT2D eigenvalue weighted by molar-refractivity contribution is 6.41. The van der Waals surface area contributed by atoms with E-state index in [1.54, 1.807) is 6.92 Å². The SMILES string of the molecule is CCOC(=O)C(=N)/C(O)=C\C(N)=O. The van der Waals surface area contributed by atoms with Crippen molar-refractivity contribution in [2.75, 3.05) is 6.61 Å². The molecule has 6 nitrogen and oxygen atoms in total. The summed E-state index contributed by atoms with van der Waals surface area (Å²) in [6.07, 6.45) is 0.569. The van der Waals surface area contributed by atoms with Crippen molar-refractivity contribution in [3.63, 3.8) is 0 Å².